The Kier molecular flexibility index (Phi) is 10.3. The first kappa shape index (κ1) is 30.4. The largest absolute Gasteiger partial charge is 0.480 e. The molecule has 4 atom stereocenters. The van der Waals surface area contributed by atoms with Crippen LogP contribution in [0, 0.1) is 5.41 Å². The van der Waals surface area contributed by atoms with Crippen molar-refractivity contribution < 1.29 is 28.6 Å². The fourth-order valence-electron chi connectivity index (χ4n) is 5.07. The van der Waals surface area contributed by atoms with E-state index in [0.29, 0.717) is 24.4 Å². The number of thioether (sulfide) groups is 1. The van der Waals surface area contributed by atoms with E-state index in [-0.39, 0.29) is 24.3 Å². The van der Waals surface area contributed by atoms with Crippen molar-refractivity contribution in [2.45, 2.75) is 63.6 Å². The van der Waals surface area contributed by atoms with Crippen molar-refractivity contribution in [1.82, 2.24) is 10.2 Å². The number of benzene rings is 2. The van der Waals surface area contributed by atoms with Gasteiger partial charge in [0.2, 0.25) is 5.91 Å². The summed E-state index contributed by atoms with van der Waals surface area (Å²) < 4.78 is 11.3. The number of furan rings is 1. The molecular formula is C32H38N2O6S. The zero-order chi connectivity index (χ0) is 29.4. The number of aliphatic carboxylic acids is 1. The second-order valence-electron chi connectivity index (χ2n) is 11.3. The molecule has 2 heterocycles. The maximum atomic E-state index is 14.1. The van der Waals surface area contributed by atoms with Crippen molar-refractivity contribution >= 4 is 29.6 Å². The molecule has 0 spiro atoms. The van der Waals surface area contributed by atoms with E-state index < -0.39 is 35.5 Å². The first-order chi connectivity index (χ1) is 19.6. The molecule has 0 radical (unpaired) electrons. The molecule has 2 N–H and O–H groups in total. The van der Waals surface area contributed by atoms with Crippen LogP contribution in [-0.4, -0.2) is 58.3 Å². The lowest BCUT2D eigenvalue weighted by atomic mass is 9.85. The van der Waals surface area contributed by atoms with Gasteiger partial charge >= 0.3 is 11.9 Å². The van der Waals surface area contributed by atoms with Crippen LogP contribution in [0.15, 0.2) is 83.5 Å². The summed E-state index contributed by atoms with van der Waals surface area (Å²) >= 11 is 1.51. The molecule has 8 nitrogen and oxygen atoms in total. The van der Waals surface area contributed by atoms with Gasteiger partial charge < -0.3 is 19.2 Å². The van der Waals surface area contributed by atoms with Gasteiger partial charge in [-0.25, -0.2) is 4.79 Å². The van der Waals surface area contributed by atoms with Gasteiger partial charge in [0.15, 0.2) is 0 Å². The number of amides is 1. The van der Waals surface area contributed by atoms with Gasteiger partial charge in [0, 0.05) is 12.3 Å². The first-order valence-electron chi connectivity index (χ1n) is 13.8. The fourth-order valence-corrected chi connectivity index (χ4v) is 6.30. The minimum atomic E-state index is -1.07. The molecule has 1 aromatic heterocycles. The number of rotatable bonds is 11. The number of hydrogen-bond donors (Lipinski definition) is 2. The summed E-state index contributed by atoms with van der Waals surface area (Å²) in [5.74, 6) is -0.863. The Morgan fingerprint density at radius 2 is 1.71 bits per heavy atom. The first-order valence-corrected chi connectivity index (χ1v) is 14.9. The molecule has 3 aromatic rings. The molecular weight excluding hydrogens is 540 g/mol. The van der Waals surface area contributed by atoms with Crippen LogP contribution in [0.4, 0.5) is 0 Å². The number of carbonyl (C=O) groups excluding carboxylic acids is 2. The summed E-state index contributed by atoms with van der Waals surface area (Å²) in [7, 11) is 0. The molecule has 4 rings (SSSR count). The third kappa shape index (κ3) is 8.24. The van der Waals surface area contributed by atoms with Crippen LogP contribution >= 0.6 is 11.8 Å². The van der Waals surface area contributed by atoms with Gasteiger partial charge in [-0.2, -0.15) is 0 Å². The maximum absolute atomic E-state index is 14.1. The van der Waals surface area contributed by atoms with Crippen molar-refractivity contribution in [1.29, 1.82) is 0 Å². The second kappa shape index (κ2) is 13.9. The number of carboxylic acid groups (broad SMARTS) is 1. The average molecular weight is 579 g/mol. The minimum absolute atomic E-state index is 0.119. The van der Waals surface area contributed by atoms with Crippen LogP contribution in [0.25, 0.3) is 0 Å². The maximum Gasteiger partial charge on any atom is 0.326 e. The highest BCUT2D eigenvalue weighted by molar-refractivity contribution is 7.99. The number of nitrogens with one attached hydrogen (secondary N) is 1. The highest BCUT2D eigenvalue weighted by atomic mass is 32.2. The van der Waals surface area contributed by atoms with E-state index in [4.69, 9.17) is 9.15 Å². The highest BCUT2D eigenvalue weighted by Crippen LogP contribution is 2.37. The number of aryl methyl sites for hydroxylation is 1. The van der Waals surface area contributed by atoms with Crippen LogP contribution in [0.2, 0.25) is 0 Å². The van der Waals surface area contributed by atoms with E-state index in [1.165, 1.54) is 16.7 Å². The monoisotopic (exact) mass is 578 g/mol. The molecule has 1 aliphatic rings. The molecule has 218 valence electrons. The Morgan fingerprint density at radius 1 is 1.05 bits per heavy atom. The number of carbonyl (C=O) groups is 3. The van der Waals surface area contributed by atoms with E-state index in [2.05, 4.69) is 5.32 Å². The third-order valence-corrected chi connectivity index (χ3v) is 8.42. The van der Waals surface area contributed by atoms with E-state index >= 15 is 0 Å². The van der Waals surface area contributed by atoms with E-state index in [1.807, 2.05) is 87.5 Å². The molecule has 0 aliphatic carbocycles. The summed E-state index contributed by atoms with van der Waals surface area (Å²) in [6.07, 6.45) is 2.59. The lowest BCUT2D eigenvalue weighted by Gasteiger charge is -2.38. The second-order valence-corrected chi connectivity index (χ2v) is 12.6. The Labute approximate surface area is 245 Å². The molecule has 0 saturated carbocycles. The SMILES string of the molecule is CC(C)(C)C(C(=O)O)N1CC(c2ccco2)SCC(NC(CCc2ccccc2)C(=O)OCc2ccccc2)C1=O. The number of hydrogen-bond acceptors (Lipinski definition) is 7. The van der Waals surface area contributed by atoms with Gasteiger partial charge in [0.05, 0.1) is 17.6 Å². The summed E-state index contributed by atoms with van der Waals surface area (Å²) in [4.78, 5) is 41.4. The lowest BCUT2D eigenvalue weighted by Crippen LogP contribution is -2.59. The predicted molar refractivity (Wildman–Crippen MR) is 158 cm³/mol. The molecule has 9 heteroatoms. The Balaban J connectivity index is 1.59. The molecule has 1 amide bonds. The van der Waals surface area contributed by atoms with Crippen molar-refractivity contribution in [3.05, 3.63) is 95.9 Å². The Bertz CT molecular complexity index is 1280. The summed E-state index contributed by atoms with van der Waals surface area (Å²) in [5, 5.41) is 13.2. The van der Waals surface area contributed by atoms with Crippen LogP contribution in [-0.2, 0) is 32.1 Å². The van der Waals surface area contributed by atoms with Crippen molar-refractivity contribution in [3.63, 3.8) is 0 Å². The molecule has 1 fully saturated rings. The quantitative estimate of drug-likeness (QED) is 0.303. The van der Waals surface area contributed by atoms with Gasteiger partial charge in [-0.3, -0.25) is 14.9 Å². The summed E-state index contributed by atoms with van der Waals surface area (Å²) in [5.41, 5.74) is 1.21. The van der Waals surface area contributed by atoms with Crippen molar-refractivity contribution in [2.24, 2.45) is 5.41 Å². The van der Waals surface area contributed by atoms with Crippen molar-refractivity contribution in [2.75, 3.05) is 12.3 Å². The van der Waals surface area contributed by atoms with Gasteiger partial charge in [-0.1, -0.05) is 81.4 Å². The Morgan fingerprint density at radius 3 is 2.29 bits per heavy atom. The predicted octanol–water partition coefficient (Wildman–Crippen LogP) is 5.10. The molecule has 0 bridgehead atoms. The number of carboxylic acids is 1. The average Bonchev–Trinajstić information content (AvgIpc) is 3.44. The molecule has 1 aliphatic heterocycles. The van der Waals surface area contributed by atoms with E-state index in [1.54, 1.807) is 12.3 Å². The van der Waals surface area contributed by atoms with Crippen LogP contribution < -0.4 is 5.32 Å². The molecule has 4 unspecified atom stereocenters. The molecule has 2 aromatic carbocycles. The molecule has 41 heavy (non-hydrogen) atoms. The van der Waals surface area contributed by atoms with E-state index in [0.717, 1.165) is 11.1 Å². The number of nitrogens with zero attached hydrogens (tertiary/aromatic N) is 1. The zero-order valence-electron chi connectivity index (χ0n) is 23.7. The van der Waals surface area contributed by atoms with Crippen LogP contribution in [0.5, 0.6) is 0 Å². The topological polar surface area (TPSA) is 109 Å². The smallest absolute Gasteiger partial charge is 0.326 e. The van der Waals surface area contributed by atoms with Gasteiger partial charge in [-0.05, 0) is 41.5 Å². The molecule has 1 saturated heterocycles. The van der Waals surface area contributed by atoms with Crippen LogP contribution in [0.1, 0.15) is 49.3 Å². The number of ether oxygens (including phenoxy) is 1. The van der Waals surface area contributed by atoms with Crippen LogP contribution in [0.3, 0.4) is 0 Å². The zero-order valence-corrected chi connectivity index (χ0v) is 24.5. The third-order valence-electron chi connectivity index (χ3n) is 7.11. The summed E-state index contributed by atoms with van der Waals surface area (Å²) in [6.45, 7) is 5.73. The fraction of sp³-hybridized carbons (Fsp3) is 0.406. The standard InChI is InChI=1S/C32H38N2O6S/c1-32(2,3)28(30(36)37)34-19-27(26-15-10-18-39-26)41-21-25(29(34)35)33-24(17-16-22-11-6-4-7-12-22)31(38)40-20-23-13-8-5-9-14-23/h4-15,18,24-25,27-28,33H,16-17,19-21H2,1-3H3,(H,36,37). The highest BCUT2D eigenvalue weighted by Gasteiger charge is 2.45. The summed E-state index contributed by atoms with van der Waals surface area (Å²) in [6, 6.07) is 20.2. The van der Waals surface area contributed by atoms with Gasteiger partial charge in [-0.15, -0.1) is 11.8 Å². The van der Waals surface area contributed by atoms with Crippen molar-refractivity contribution in [3.8, 4) is 0 Å². The van der Waals surface area contributed by atoms with E-state index in [9.17, 15) is 19.5 Å². The minimum Gasteiger partial charge on any atom is -0.480 e. The number of esters is 1. The lowest BCUT2D eigenvalue weighted by molar-refractivity contribution is -0.156. The van der Waals surface area contributed by atoms with Gasteiger partial charge in [0.25, 0.3) is 0 Å². The Hall–Kier alpha value is -3.56. The normalized spacial score (nSPS) is 19.3. The van der Waals surface area contributed by atoms with Gasteiger partial charge in [0.1, 0.15) is 24.5 Å².